The van der Waals surface area contributed by atoms with Crippen molar-refractivity contribution in [1.29, 1.82) is 5.26 Å². The zero-order chi connectivity index (χ0) is 10.6. The van der Waals surface area contributed by atoms with E-state index in [2.05, 4.69) is 17.4 Å². The van der Waals surface area contributed by atoms with Crippen molar-refractivity contribution in [2.45, 2.75) is 0 Å². The van der Waals surface area contributed by atoms with Crippen molar-refractivity contribution in [3.8, 4) is 6.07 Å². The molecule has 1 rings (SSSR count). The Morgan fingerprint density at radius 2 is 2.29 bits per heavy atom. The average Bonchev–Trinajstić information content (AvgIpc) is 2.27. The number of carbonyl (C=O) groups excluding carboxylic acids is 1. The lowest BCUT2D eigenvalue weighted by Crippen LogP contribution is -2.04. The quantitative estimate of drug-likeness (QED) is 0.660. The number of esters is 1. The molecule has 3 nitrogen and oxygen atoms in total. The minimum absolute atomic E-state index is 0.363. The maximum Gasteiger partial charge on any atom is 0.338 e. The number of ether oxygens (including phenoxy) is 1. The van der Waals surface area contributed by atoms with Crippen LogP contribution in [0.25, 0.3) is 0 Å². The van der Waals surface area contributed by atoms with Crippen LogP contribution < -0.4 is 0 Å². The van der Waals surface area contributed by atoms with Gasteiger partial charge in [-0.1, -0.05) is 6.58 Å². The second-order valence-electron chi connectivity index (χ2n) is 2.54. The zero-order valence-electron chi connectivity index (χ0n) is 7.70. The van der Waals surface area contributed by atoms with Gasteiger partial charge in [0.25, 0.3) is 0 Å². The topological polar surface area (TPSA) is 50.1 Å². The molecule has 0 saturated heterocycles. The van der Waals surface area contributed by atoms with Crippen LogP contribution in [0.1, 0.15) is 21.5 Å². The molecular formula is C11H8NO2. The minimum Gasteiger partial charge on any atom is -0.465 e. The molecular weight excluding hydrogens is 178 g/mol. The van der Waals surface area contributed by atoms with Crippen LogP contribution in [0.15, 0.2) is 24.8 Å². The molecule has 0 unspecified atom stereocenters. The molecule has 0 N–H and O–H groups in total. The normalized spacial score (nSPS) is 8.86. The Morgan fingerprint density at radius 3 is 2.79 bits per heavy atom. The summed E-state index contributed by atoms with van der Waals surface area (Å²) in [4.78, 5) is 11.2. The molecule has 0 amide bonds. The number of nitrogens with zero attached hydrogens (tertiary/aromatic N) is 1. The highest BCUT2D eigenvalue weighted by atomic mass is 16.5. The molecule has 3 heteroatoms. The van der Waals surface area contributed by atoms with E-state index in [0.29, 0.717) is 16.7 Å². The number of benzene rings is 1. The van der Waals surface area contributed by atoms with Crippen molar-refractivity contribution in [1.82, 2.24) is 0 Å². The van der Waals surface area contributed by atoms with Crippen molar-refractivity contribution in [3.05, 3.63) is 47.5 Å². The smallest absolute Gasteiger partial charge is 0.338 e. The van der Waals surface area contributed by atoms with Crippen molar-refractivity contribution in [2.75, 3.05) is 7.11 Å². The first-order chi connectivity index (χ1) is 6.72. The third kappa shape index (κ3) is 1.80. The lowest BCUT2D eigenvalue weighted by Gasteiger charge is -2.03. The van der Waals surface area contributed by atoms with E-state index >= 15 is 0 Å². The predicted octanol–water partition coefficient (Wildman–Crippen LogP) is 1.68. The third-order valence-corrected chi connectivity index (χ3v) is 1.74. The van der Waals surface area contributed by atoms with Gasteiger partial charge in [0, 0.05) is 0 Å². The Kier molecular flexibility index (Phi) is 3.03. The summed E-state index contributed by atoms with van der Waals surface area (Å²) >= 11 is 0. The zero-order valence-corrected chi connectivity index (χ0v) is 7.70. The largest absolute Gasteiger partial charge is 0.465 e. The molecule has 0 aliphatic carbocycles. The average molecular weight is 186 g/mol. The standard InChI is InChI=1S/C11H8NO2/c1-3-9-6-8(7-12)4-5-10(9)11(13)14-2/h4-6H,1H2,2H3. The second kappa shape index (κ2) is 4.24. The van der Waals surface area contributed by atoms with E-state index in [1.54, 1.807) is 12.1 Å². The lowest BCUT2D eigenvalue weighted by atomic mass is 10.0. The van der Waals surface area contributed by atoms with Gasteiger partial charge in [0.15, 0.2) is 0 Å². The SMILES string of the molecule is C=[C]c1cc(C#N)ccc1C(=O)OC. The Hall–Kier alpha value is -2.08. The molecule has 0 bridgehead atoms. The first-order valence-corrected chi connectivity index (χ1v) is 3.88. The van der Waals surface area contributed by atoms with Crippen molar-refractivity contribution in [2.24, 2.45) is 0 Å². The molecule has 0 fully saturated rings. The molecule has 1 aromatic carbocycles. The minimum atomic E-state index is -0.458. The Bertz CT molecular complexity index is 416. The molecule has 0 heterocycles. The molecule has 0 atom stereocenters. The number of rotatable bonds is 2. The summed E-state index contributed by atoms with van der Waals surface area (Å²) in [6, 6.07) is 6.58. The van der Waals surface area contributed by atoms with Crippen LogP contribution >= 0.6 is 0 Å². The van der Waals surface area contributed by atoms with Crippen LogP contribution in [0.4, 0.5) is 0 Å². The van der Waals surface area contributed by atoms with E-state index in [9.17, 15) is 4.79 Å². The summed E-state index contributed by atoms with van der Waals surface area (Å²) in [5, 5.41) is 8.63. The van der Waals surface area contributed by atoms with E-state index < -0.39 is 5.97 Å². The van der Waals surface area contributed by atoms with E-state index in [1.165, 1.54) is 13.2 Å². The van der Waals surface area contributed by atoms with Gasteiger partial charge in [-0.05, 0) is 29.8 Å². The molecule has 0 saturated carbocycles. The Balaban J connectivity index is 3.26. The van der Waals surface area contributed by atoms with Crippen LogP contribution in [0.2, 0.25) is 0 Å². The van der Waals surface area contributed by atoms with Crippen molar-refractivity contribution < 1.29 is 9.53 Å². The molecule has 69 valence electrons. The van der Waals surface area contributed by atoms with E-state index in [-0.39, 0.29) is 0 Å². The molecule has 1 radical (unpaired) electrons. The maximum atomic E-state index is 11.2. The van der Waals surface area contributed by atoms with Gasteiger partial charge in [0.05, 0.1) is 24.3 Å². The number of methoxy groups -OCH3 is 1. The van der Waals surface area contributed by atoms with Crippen LogP contribution in [-0.4, -0.2) is 13.1 Å². The monoisotopic (exact) mass is 186 g/mol. The van der Waals surface area contributed by atoms with Crippen LogP contribution in [0.5, 0.6) is 0 Å². The number of hydrogen-bond acceptors (Lipinski definition) is 3. The fraction of sp³-hybridized carbons (Fsp3) is 0.0909. The van der Waals surface area contributed by atoms with Gasteiger partial charge in [0.1, 0.15) is 0 Å². The second-order valence-corrected chi connectivity index (χ2v) is 2.54. The summed E-state index contributed by atoms with van der Waals surface area (Å²) in [6.07, 6.45) is 2.58. The van der Waals surface area contributed by atoms with E-state index in [4.69, 9.17) is 5.26 Å². The molecule has 0 spiro atoms. The van der Waals surface area contributed by atoms with Gasteiger partial charge in [-0.25, -0.2) is 4.79 Å². The molecule has 0 aromatic heterocycles. The first-order valence-electron chi connectivity index (χ1n) is 3.88. The highest BCUT2D eigenvalue weighted by Crippen LogP contribution is 2.12. The molecule has 0 aliphatic rings. The van der Waals surface area contributed by atoms with Crippen molar-refractivity contribution >= 4 is 5.97 Å². The number of hydrogen-bond donors (Lipinski definition) is 0. The number of nitriles is 1. The van der Waals surface area contributed by atoms with E-state index in [1.807, 2.05) is 6.07 Å². The van der Waals surface area contributed by atoms with Gasteiger partial charge < -0.3 is 4.74 Å². The fourth-order valence-electron chi connectivity index (χ4n) is 1.05. The maximum absolute atomic E-state index is 11.2. The van der Waals surface area contributed by atoms with Crippen molar-refractivity contribution in [3.63, 3.8) is 0 Å². The summed E-state index contributed by atoms with van der Waals surface area (Å²) in [5.74, 6) is -0.458. The highest BCUT2D eigenvalue weighted by Gasteiger charge is 2.09. The van der Waals surface area contributed by atoms with Crippen LogP contribution in [0.3, 0.4) is 0 Å². The molecule has 14 heavy (non-hydrogen) atoms. The van der Waals surface area contributed by atoms with Gasteiger partial charge in [-0.3, -0.25) is 0 Å². The molecule has 1 aromatic rings. The highest BCUT2D eigenvalue weighted by molar-refractivity contribution is 5.91. The fourth-order valence-corrected chi connectivity index (χ4v) is 1.05. The summed E-state index contributed by atoms with van der Waals surface area (Å²) in [7, 11) is 1.30. The summed E-state index contributed by atoms with van der Waals surface area (Å²) in [6.45, 7) is 3.44. The predicted molar refractivity (Wildman–Crippen MR) is 50.5 cm³/mol. The third-order valence-electron chi connectivity index (χ3n) is 1.74. The van der Waals surface area contributed by atoms with E-state index in [0.717, 1.165) is 0 Å². The van der Waals surface area contributed by atoms with Gasteiger partial charge in [-0.2, -0.15) is 5.26 Å². The first kappa shape index (κ1) is 10.0. The van der Waals surface area contributed by atoms with Gasteiger partial charge in [0.2, 0.25) is 0 Å². The van der Waals surface area contributed by atoms with Crippen LogP contribution in [0, 0.1) is 17.4 Å². The Morgan fingerprint density at radius 1 is 1.57 bits per heavy atom. The number of carbonyl (C=O) groups is 1. The van der Waals surface area contributed by atoms with Gasteiger partial charge in [-0.15, -0.1) is 0 Å². The summed E-state index contributed by atoms with van der Waals surface area (Å²) < 4.78 is 4.56. The van der Waals surface area contributed by atoms with Gasteiger partial charge >= 0.3 is 5.97 Å². The summed E-state index contributed by atoms with van der Waals surface area (Å²) in [5.41, 5.74) is 1.31. The Labute approximate surface area is 82.2 Å². The lowest BCUT2D eigenvalue weighted by molar-refractivity contribution is 0.0600. The van der Waals surface area contributed by atoms with Crippen LogP contribution in [-0.2, 0) is 4.74 Å². The molecule has 0 aliphatic heterocycles.